The third kappa shape index (κ3) is 3.83. The van der Waals surface area contributed by atoms with E-state index in [0.29, 0.717) is 5.89 Å². The van der Waals surface area contributed by atoms with Gasteiger partial charge in [0.05, 0.1) is 5.25 Å². The van der Waals surface area contributed by atoms with E-state index in [1.165, 1.54) is 6.07 Å². The van der Waals surface area contributed by atoms with E-state index >= 15 is 0 Å². The van der Waals surface area contributed by atoms with Crippen molar-refractivity contribution in [2.24, 2.45) is 0 Å². The fourth-order valence-electron chi connectivity index (χ4n) is 2.34. The third-order valence-corrected chi connectivity index (χ3v) is 4.95. The second kappa shape index (κ2) is 7.37. The minimum Gasteiger partial charge on any atom is -0.411 e. The second-order valence-electron chi connectivity index (χ2n) is 5.93. The van der Waals surface area contributed by atoms with Gasteiger partial charge in [0.15, 0.2) is 17.4 Å². The van der Waals surface area contributed by atoms with Crippen LogP contribution in [-0.2, 0) is 0 Å². The number of nitrogens with zero attached hydrogens (tertiary/aromatic N) is 2. The molecule has 0 aliphatic carbocycles. The molecule has 0 aliphatic rings. The number of hydrogen-bond acceptors (Lipinski definition) is 5. The lowest BCUT2D eigenvalue weighted by Gasteiger charge is -2.07. The monoisotopic (exact) mass is 374 g/mol. The zero-order valence-electron chi connectivity index (χ0n) is 14.4. The molecule has 0 radical (unpaired) electrons. The summed E-state index contributed by atoms with van der Waals surface area (Å²) in [5, 5.41) is 7.61. The zero-order valence-corrected chi connectivity index (χ0v) is 15.2. The Morgan fingerprint density at radius 2 is 1.81 bits per heavy atom. The van der Waals surface area contributed by atoms with Crippen molar-refractivity contribution in [2.45, 2.75) is 31.2 Å². The van der Waals surface area contributed by atoms with Crippen LogP contribution >= 0.6 is 11.8 Å². The molecule has 0 saturated carbocycles. The highest BCUT2D eigenvalue weighted by Gasteiger charge is 2.21. The lowest BCUT2D eigenvalue weighted by Crippen LogP contribution is -2.14. The molecule has 1 atom stereocenters. The number of aromatic nitrogens is 2. The number of benzene rings is 2. The molecule has 4 nitrogen and oxygen atoms in total. The van der Waals surface area contributed by atoms with Crippen LogP contribution in [0.1, 0.15) is 28.4 Å². The van der Waals surface area contributed by atoms with Gasteiger partial charge in [-0.05, 0) is 62.2 Å². The zero-order chi connectivity index (χ0) is 18.8. The van der Waals surface area contributed by atoms with Gasteiger partial charge in [-0.1, -0.05) is 17.8 Å². The standard InChI is InChI=1S/C19H16F2N2O2S/c1-10-4-5-14(8-11(10)2)18-22-23-19(25-18)26-12(3)17(24)13-6-7-15(20)16(21)9-13/h4-9,12H,1-3H3/t12-/m1/s1. The fourth-order valence-corrected chi connectivity index (χ4v) is 3.10. The Kier molecular flexibility index (Phi) is 5.18. The maximum atomic E-state index is 13.3. The molecule has 3 aromatic rings. The van der Waals surface area contributed by atoms with Crippen molar-refractivity contribution in [1.29, 1.82) is 0 Å². The number of carbonyl (C=O) groups excluding carboxylic acids is 1. The van der Waals surface area contributed by atoms with Crippen LogP contribution < -0.4 is 0 Å². The minimum absolute atomic E-state index is 0.0952. The highest BCUT2D eigenvalue weighted by molar-refractivity contribution is 8.00. The van der Waals surface area contributed by atoms with Crippen molar-refractivity contribution < 1.29 is 18.0 Å². The largest absolute Gasteiger partial charge is 0.411 e. The van der Waals surface area contributed by atoms with Gasteiger partial charge in [0.25, 0.3) is 5.22 Å². The van der Waals surface area contributed by atoms with Crippen LogP contribution in [0.4, 0.5) is 8.78 Å². The number of aryl methyl sites for hydroxylation is 2. The molecule has 0 bridgehead atoms. The number of carbonyl (C=O) groups is 1. The van der Waals surface area contributed by atoms with Crippen molar-refractivity contribution in [3.8, 4) is 11.5 Å². The maximum Gasteiger partial charge on any atom is 0.277 e. The summed E-state index contributed by atoms with van der Waals surface area (Å²) in [5.41, 5.74) is 3.16. The molecule has 26 heavy (non-hydrogen) atoms. The fraction of sp³-hybridized carbons (Fsp3) is 0.211. The van der Waals surface area contributed by atoms with Gasteiger partial charge < -0.3 is 4.42 Å². The third-order valence-electron chi connectivity index (χ3n) is 4.01. The smallest absolute Gasteiger partial charge is 0.277 e. The average molecular weight is 374 g/mol. The Hall–Kier alpha value is -2.54. The summed E-state index contributed by atoms with van der Waals surface area (Å²) in [6.07, 6.45) is 0. The van der Waals surface area contributed by atoms with Crippen molar-refractivity contribution in [3.05, 3.63) is 64.7 Å². The summed E-state index contributed by atoms with van der Waals surface area (Å²) in [7, 11) is 0. The van der Waals surface area contributed by atoms with E-state index in [4.69, 9.17) is 4.42 Å². The number of thioether (sulfide) groups is 1. The number of halogens is 2. The summed E-state index contributed by atoms with van der Waals surface area (Å²) in [4.78, 5) is 12.4. The number of Topliss-reactive ketones (excluding diaryl/α,β-unsaturated/α-hetero) is 1. The van der Waals surface area contributed by atoms with Gasteiger partial charge in [-0.25, -0.2) is 8.78 Å². The summed E-state index contributed by atoms with van der Waals surface area (Å²) >= 11 is 1.07. The molecule has 7 heteroatoms. The van der Waals surface area contributed by atoms with E-state index in [9.17, 15) is 13.6 Å². The Morgan fingerprint density at radius 1 is 1.04 bits per heavy atom. The first-order chi connectivity index (χ1) is 12.3. The molecule has 2 aromatic carbocycles. The van der Waals surface area contributed by atoms with Crippen LogP contribution in [0.5, 0.6) is 0 Å². The molecule has 0 N–H and O–H groups in total. The molecular formula is C19H16F2N2O2S. The summed E-state index contributed by atoms with van der Waals surface area (Å²) in [6, 6.07) is 8.89. The molecule has 134 valence electrons. The van der Waals surface area contributed by atoms with E-state index in [0.717, 1.165) is 40.6 Å². The molecule has 0 unspecified atom stereocenters. The lowest BCUT2D eigenvalue weighted by molar-refractivity contribution is 0.0993. The molecule has 3 rings (SSSR count). The lowest BCUT2D eigenvalue weighted by atomic mass is 10.1. The summed E-state index contributed by atoms with van der Waals surface area (Å²) in [6.45, 7) is 5.65. The van der Waals surface area contributed by atoms with Crippen LogP contribution in [0.2, 0.25) is 0 Å². The van der Waals surface area contributed by atoms with E-state index in [1.54, 1.807) is 6.92 Å². The van der Waals surface area contributed by atoms with E-state index in [2.05, 4.69) is 10.2 Å². The number of rotatable bonds is 5. The molecule has 0 fully saturated rings. The molecule has 0 amide bonds. The van der Waals surface area contributed by atoms with Crippen LogP contribution in [0.15, 0.2) is 46.0 Å². The van der Waals surface area contributed by atoms with Gasteiger partial charge in [-0.3, -0.25) is 4.79 Å². The normalized spacial score (nSPS) is 12.2. The van der Waals surface area contributed by atoms with Crippen LogP contribution in [-0.4, -0.2) is 21.2 Å². The second-order valence-corrected chi connectivity index (χ2v) is 7.22. The summed E-state index contributed by atoms with van der Waals surface area (Å²) in [5.74, 6) is -2.03. The average Bonchev–Trinajstić information content (AvgIpc) is 3.07. The maximum absolute atomic E-state index is 13.3. The first-order valence-electron chi connectivity index (χ1n) is 7.92. The molecule has 0 aliphatic heterocycles. The highest BCUT2D eigenvalue weighted by Crippen LogP contribution is 2.28. The minimum atomic E-state index is -1.05. The van der Waals surface area contributed by atoms with Gasteiger partial charge >= 0.3 is 0 Å². The van der Waals surface area contributed by atoms with Crippen molar-refractivity contribution in [3.63, 3.8) is 0 Å². The predicted octanol–water partition coefficient (Wildman–Crippen LogP) is 5.00. The van der Waals surface area contributed by atoms with Crippen molar-refractivity contribution >= 4 is 17.5 Å². The van der Waals surface area contributed by atoms with Crippen LogP contribution in [0.3, 0.4) is 0 Å². The molecule has 0 spiro atoms. The molecule has 1 aromatic heterocycles. The number of ketones is 1. The van der Waals surface area contributed by atoms with Gasteiger partial charge in [-0.15, -0.1) is 10.2 Å². The van der Waals surface area contributed by atoms with Crippen molar-refractivity contribution in [2.75, 3.05) is 0 Å². The Bertz CT molecular complexity index is 972. The quantitative estimate of drug-likeness (QED) is 0.465. The van der Waals surface area contributed by atoms with Crippen molar-refractivity contribution in [1.82, 2.24) is 10.2 Å². The van der Waals surface area contributed by atoms with Crippen LogP contribution in [0.25, 0.3) is 11.5 Å². The highest BCUT2D eigenvalue weighted by atomic mass is 32.2. The van der Waals surface area contributed by atoms with E-state index < -0.39 is 16.9 Å². The first kappa shape index (κ1) is 18.3. The first-order valence-corrected chi connectivity index (χ1v) is 8.80. The Labute approximate surface area is 153 Å². The van der Waals surface area contributed by atoms with E-state index in [1.807, 2.05) is 32.0 Å². The van der Waals surface area contributed by atoms with Gasteiger partial charge in [0, 0.05) is 11.1 Å². The Morgan fingerprint density at radius 3 is 2.50 bits per heavy atom. The molecular weight excluding hydrogens is 358 g/mol. The van der Waals surface area contributed by atoms with Crippen LogP contribution in [0, 0.1) is 25.5 Å². The molecule has 0 saturated heterocycles. The SMILES string of the molecule is Cc1ccc(-c2nnc(S[C@H](C)C(=O)c3ccc(F)c(F)c3)o2)cc1C. The Balaban J connectivity index is 1.74. The predicted molar refractivity (Wildman–Crippen MR) is 95.2 cm³/mol. The topological polar surface area (TPSA) is 56.0 Å². The van der Waals surface area contributed by atoms with Gasteiger partial charge in [0.1, 0.15) is 0 Å². The molecule has 1 heterocycles. The van der Waals surface area contributed by atoms with Gasteiger partial charge in [-0.2, -0.15) is 0 Å². The number of hydrogen-bond donors (Lipinski definition) is 0. The van der Waals surface area contributed by atoms with E-state index in [-0.39, 0.29) is 16.6 Å². The van der Waals surface area contributed by atoms with Gasteiger partial charge in [0.2, 0.25) is 5.89 Å². The summed E-state index contributed by atoms with van der Waals surface area (Å²) < 4.78 is 31.9.